The van der Waals surface area contributed by atoms with Gasteiger partial charge in [0.05, 0.1) is 0 Å². The van der Waals surface area contributed by atoms with E-state index in [4.69, 9.17) is 5.73 Å². The Morgan fingerprint density at radius 3 is 2.00 bits per heavy atom. The third-order valence-corrected chi connectivity index (χ3v) is 3.36. The normalized spacial score (nSPS) is 36.9. The lowest BCUT2D eigenvalue weighted by Crippen LogP contribution is -2.74. The van der Waals surface area contributed by atoms with Gasteiger partial charge in [-0.1, -0.05) is 0 Å². The fourth-order valence-corrected chi connectivity index (χ4v) is 2.88. The number of hydrogen-bond acceptors (Lipinski definition) is 2. The number of hydrogen-bond donors (Lipinski definition) is 1. The molecule has 0 spiro atoms. The predicted octanol–water partition coefficient (Wildman–Crippen LogP) is 2.06. The van der Waals surface area contributed by atoms with E-state index in [0.717, 1.165) is 0 Å². The number of pyridine rings is 1. The van der Waals surface area contributed by atoms with Crippen molar-refractivity contribution in [3.8, 4) is 0 Å². The molecule has 3 fully saturated rings. The second-order valence-electron chi connectivity index (χ2n) is 4.41. The lowest BCUT2D eigenvalue weighted by molar-refractivity contribution is -0.0590. The van der Waals surface area contributed by atoms with Crippen molar-refractivity contribution >= 4 is 24.8 Å². The molecule has 0 atom stereocenters. The van der Waals surface area contributed by atoms with E-state index in [1.165, 1.54) is 24.8 Å². The average molecular weight is 233 g/mol. The van der Waals surface area contributed by atoms with Crippen molar-refractivity contribution in [2.24, 2.45) is 5.73 Å². The van der Waals surface area contributed by atoms with Gasteiger partial charge in [-0.05, 0) is 37.0 Å². The van der Waals surface area contributed by atoms with Crippen LogP contribution in [-0.2, 0) is 5.41 Å². The highest BCUT2D eigenvalue weighted by Crippen LogP contribution is 2.66. The SMILES string of the molecule is Cl.Cl.NC12CC(c3ccncc3)(C1)C2. The third kappa shape index (κ3) is 1.33. The van der Waals surface area contributed by atoms with Crippen molar-refractivity contribution in [3.63, 3.8) is 0 Å². The summed E-state index contributed by atoms with van der Waals surface area (Å²) in [4.78, 5) is 4.02. The van der Waals surface area contributed by atoms with Gasteiger partial charge in [-0.25, -0.2) is 0 Å². The molecule has 4 heteroatoms. The van der Waals surface area contributed by atoms with Gasteiger partial charge < -0.3 is 5.73 Å². The molecule has 0 radical (unpaired) electrons. The van der Waals surface area contributed by atoms with Crippen LogP contribution in [0.2, 0.25) is 0 Å². The molecule has 78 valence electrons. The highest BCUT2D eigenvalue weighted by Gasteiger charge is 2.66. The molecule has 0 saturated heterocycles. The van der Waals surface area contributed by atoms with Crippen LogP contribution in [0.15, 0.2) is 24.5 Å². The predicted molar refractivity (Wildman–Crippen MR) is 61.2 cm³/mol. The van der Waals surface area contributed by atoms with Crippen molar-refractivity contribution in [1.29, 1.82) is 0 Å². The number of aromatic nitrogens is 1. The molecule has 0 aliphatic heterocycles. The molecule has 0 unspecified atom stereocenters. The van der Waals surface area contributed by atoms with Crippen LogP contribution in [0, 0.1) is 0 Å². The summed E-state index contributed by atoms with van der Waals surface area (Å²) in [6.45, 7) is 0. The van der Waals surface area contributed by atoms with Gasteiger partial charge in [0, 0.05) is 23.3 Å². The molecule has 2 N–H and O–H groups in total. The largest absolute Gasteiger partial charge is 0.325 e. The molecule has 1 heterocycles. The Balaban J connectivity index is 0.000000490. The first-order chi connectivity index (χ1) is 5.73. The summed E-state index contributed by atoms with van der Waals surface area (Å²) in [5.41, 5.74) is 8.10. The molecule has 1 aromatic rings. The van der Waals surface area contributed by atoms with Crippen LogP contribution in [0.4, 0.5) is 0 Å². The van der Waals surface area contributed by atoms with Gasteiger partial charge in [-0.3, -0.25) is 4.98 Å². The molecule has 3 saturated carbocycles. The van der Waals surface area contributed by atoms with E-state index in [1.807, 2.05) is 12.4 Å². The zero-order valence-electron chi connectivity index (χ0n) is 7.77. The smallest absolute Gasteiger partial charge is 0.0270 e. The van der Waals surface area contributed by atoms with E-state index in [-0.39, 0.29) is 30.4 Å². The zero-order valence-corrected chi connectivity index (χ0v) is 9.40. The Kier molecular flexibility index (Phi) is 2.83. The zero-order chi connectivity index (χ0) is 8.23. The van der Waals surface area contributed by atoms with Crippen molar-refractivity contribution in [3.05, 3.63) is 30.1 Å². The van der Waals surface area contributed by atoms with Crippen molar-refractivity contribution in [2.75, 3.05) is 0 Å². The minimum atomic E-state index is 0. The van der Waals surface area contributed by atoms with Gasteiger partial charge in [-0.2, -0.15) is 0 Å². The summed E-state index contributed by atoms with van der Waals surface area (Å²) in [6.07, 6.45) is 7.30. The minimum Gasteiger partial charge on any atom is -0.325 e. The topological polar surface area (TPSA) is 38.9 Å². The van der Waals surface area contributed by atoms with Crippen LogP contribution >= 0.6 is 24.8 Å². The summed E-state index contributed by atoms with van der Waals surface area (Å²) in [6, 6.07) is 4.25. The van der Waals surface area contributed by atoms with Gasteiger partial charge in [-0.15, -0.1) is 24.8 Å². The first kappa shape index (κ1) is 11.8. The Hall–Kier alpha value is -0.310. The summed E-state index contributed by atoms with van der Waals surface area (Å²) in [7, 11) is 0. The Morgan fingerprint density at radius 1 is 1.07 bits per heavy atom. The highest BCUT2D eigenvalue weighted by molar-refractivity contribution is 5.85. The lowest BCUT2D eigenvalue weighted by atomic mass is 9.38. The standard InChI is InChI=1S/C10H12N2.2ClH/c11-10-5-9(6-10,7-10)8-1-3-12-4-2-8;;/h1-4H,5-7,11H2;2*1H. The van der Waals surface area contributed by atoms with Crippen LogP contribution in [0.5, 0.6) is 0 Å². The number of rotatable bonds is 1. The van der Waals surface area contributed by atoms with Crippen LogP contribution in [0.25, 0.3) is 0 Å². The quantitative estimate of drug-likeness (QED) is 0.806. The van der Waals surface area contributed by atoms with Crippen LogP contribution < -0.4 is 5.73 Å². The average Bonchev–Trinajstić information content (AvgIpc) is 1.99. The maximum atomic E-state index is 5.99. The maximum Gasteiger partial charge on any atom is 0.0270 e. The van der Waals surface area contributed by atoms with Crippen LogP contribution in [0.1, 0.15) is 24.8 Å². The van der Waals surface area contributed by atoms with E-state index < -0.39 is 0 Å². The van der Waals surface area contributed by atoms with Gasteiger partial charge in [0.25, 0.3) is 0 Å². The molecular formula is C10H14Cl2N2. The Labute approximate surface area is 96.1 Å². The molecule has 14 heavy (non-hydrogen) atoms. The van der Waals surface area contributed by atoms with Crippen LogP contribution in [-0.4, -0.2) is 10.5 Å². The van der Waals surface area contributed by atoms with Gasteiger partial charge >= 0.3 is 0 Å². The first-order valence-electron chi connectivity index (χ1n) is 4.42. The van der Waals surface area contributed by atoms with E-state index in [2.05, 4.69) is 17.1 Å². The van der Waals surface area contributed by atoms with Crippen molar-refractivity contribution < 1.29 is 0 Å². The van der Waals surface area contributed by atoms with E-state index in [0.29, 0.717) is 5.41 Å². The fraction of sp³-hybridized carbons (Fsp3) is 0.500. The van der Waals surface area contributed by atoms with Gasteiger partial charge in [0.1, 0.15) is 0 Å². The second-order valence-corrected chi connectivity index (χ2v) is 4.41. The molecule has 4 rings (SSSR count). The second kappa shape index (κ2) is 3.37. The maximum absolute atomic E-state index is 5.99. The van der Waals surface area contributed by atoms with E-state index in [9.17, 15) is 0 Å². The molecule has 2 bridgehead atoms. The van der Waals surface area contributed by atoms with E-state index >= 15 is 0 Å². The molecule has 2 nitrogen and oxygen atoms in total. The lowest BCUT2D eigenvalue weighted by Gasteiger charge is -2.69. The van der Waals surface area contributed by atoms with Crippen molar-refractivity contribution in [1.82, 2.24) is 4.98 Å². The molecule has 0 amide bonds. The molecule has 3 aliphatic rings. The van der Waals surface area contributed by atoms with Crippen molar-refractivity contribution in [2.45, 2.75) is 30.2 Å². The highest BCUT2D eigenvalue weighted by atomic mass is 35.5. The molecule has 0 aromatic carbocycles. The van der Waals surface area contributed by atoms with E-state index in [1.54, 1.807) is 0 Å². The fourth-order valence-electron chi connectivity index (χ4n) is 2.88. The van der Waals surface area contributed by atoms with Crippen LogP contribution in [0.3, 0.4) is 0 Å². The third-order valence-electron chi connectivity index (χ3n) is 3.36. The number of halogens is 2. The first-order valence-corrected chi connectivity index (χ1v) is 4.42. The molecular weight excluding hydrogens is 219 g/mol. The summed E-state index contributed by atoms with van der Waals surface area (Å²) in [5, 5.41) is 0. The molecule has 1 aromatic heterocycles. The Bertz CT molecular complexity index is 306. The summed E-state index contributed by atoms with van der Waals surface area (Å²) < 4.78 is 0. The molecule has 3 aliphatic carbocycles. The minimum absolute atomic E-state index is 0. The van der Waals surface area contributed by atoms with Gasteiger partial charge in [0.15, 0.2) is 0 Å². The number of nitrogens with two attached hydrogens (primary N) is 1. The summed E-state index contributed by atoms with van der Waals surface area (Å²) in [5.74, 6) is 0. The number of nitrogens with zero attached hydrogens (tertiary/aromatic N) is 1. The van der Waals surface area contributed by atoms with Gasteiger partial charge in [0.2, 0.25) is 0 Å². The monoisotopic (exact) mass is 232 g/mol. The Morgan fingerprint density at radius 2 is 1.57 bits per heavy atom. The summed E-state index contributed by atoms with van der Waals surface area (Å²) >= 11 is 0.